The van der Waals surface area contributed by atoms with E-state index in [0.29, 0.717) is 22.0 Å². The summed E-state index contributed by atoms with van der Waals surface area (Å²) in [6.07, 6.45) is 5.79. The highest BCUT2D eigenvalue weighted by Gasteiger charge is 2.11. The van der Waals surface area contributed by atoms with Gasteiger partial charge in [0.05, 0.1) is 5.02 Å². The molecular weight excluding hydrogens is 315 g/mol. The molecule has 1 aromatic carbocycles. The summed E-state index contributed by atoms with van der Waals surface area (Å²) in [6.45, 7) is 0. The van der Waals surface area contributed by atoms with E-state index in [1.165, 1.54) is 0 Å². The summed E-state index contributed by atoms with van der Waals surface area (Å²) < 4.78 is 0. The number of hydrogen-bond donors (Lipinski definition) is 1. The lowest BCUT2D eigenvalue weighted by Crippen LogP contribution is -2.01. The van der Waals surface area contributed by atoms with E-state index < -0.39 is 0 Å². The minimum Gasteiger partial charge on any atom is -0.337 e. The highest BCUT2D eigenvalue weighted by molar-refractivity contribution is 7.98. The van der Waals surface area contributed by atoms with E-state index in [9.17, 15) is 4.79 Å². The number of aromatic amines is 1. The van der Waals surface area contributed by atoms with Crippen LogP contribution in [-0.2, 0) is 6.42 Å². The molecule has 0 atom stereocenters. The zero-order chi connectivity index (χ0) is 14.5. The van der Waals surface area contributed by atoms with E-state index in [4.69, 9.17) is 23.2 Å². The number of carbonyl (C=O) groups is 1. The van der Waals surface area contributed by atoms with Crippen molar-refractivity contribution in [1.29, 1.82) is 0 Å². The van der Waals surface area contributed by atoms with Crippen molar-refractivity contribution in [2.45, 2.75) is 24.4 Å². The van der Waals surface area contributed by atoms with E-state index in [2.05, 4.69) is 9.97 Å². The number of nitrogens with one attached hydrogen (secondary N) is 1. The number of thioether (sulfide) groups is 1. The maximum absolute atomic E-state index is 12.1. The van der Waals surface area contributed by atoms with E-state index in [0.717, 1.165) is 23.7 Å². The van der Waals surface area contributed by atoms with Crippen LogP contribution in [0, 0.1) is 0 Å². The van der Waals surface area contributed by atoms with Crippen LogP contribution in [0.5, 0.6) is 0 Å². The highest BCUT2D eigenvalue weighted by Crippen LogP contribution is 2.22. The first-order valence-electron chi connectivity index (χ1n) is 6.16. The van der Waals surface area contributed by atoms with Gasteiger partial charge in [0.1, 0.15) is 0 Å². The van der Waals surface area contributed by atoms with Gasteiger partial charge in [-0.2, -0.15) is 0 Å². The number of aromatic nitrogens is 2. The third-order valence-electron chi connectivity index (χ3n) is 2.88. The van der Waals surface area contributed by atoms with Crippen LogP contribution in [0.3, 0.4) is 0 Å². The molecule has 0 fully saturated rings. The van der Waals surface area contributed by atoms with Crippen molar-refractivity contribution in [2.24, 2.45) is 0 Å². The molecule has 0 radical (unpaired) electrons. The van der Waals surface area contributed by atoms with E-state index in [1.54, 1.807) is 30.0 Å². The quantitative estimate of drug-likeness (QED) is 0.620. The molecule has 3 nitrogen and oxygen atoms in total. The van der Waals surface area contributed by atoms with Gasteiger partial charge in [0.15, 0.2) is 10.9 Å². The van der Waals surface area contributed by atoms with Crippen LogP contribution in [0.25, 0.3) is 0 Å². The van der Waals surface area contributed by atoms with Crippen LogP contribution in [-0.4, -0.2) is 22.0 Å². The number of nitrogens with zero attached hydrogens (tertiary/aromatic N) is 1. The van der Waals surface area contributed by atoms with Crippen molar-refractivity contribution in [3.63, 3.8) is 0 Å². The molecule has 0 amide bonds. The average Bonchev–Trinajstić information content (AvgIpc) is 2.86. The Kier molecular flexibility index (Phi) is 5.52. The predicted octanol–water partition coefficient (Wildman–Crippen LogP) is 4.64. The number of imidazole rings is 1. The van der Waals surface area contributed by atoms with Crippen molar-refractivity contribution >= 4 is 40.7 Å². The van der Waals surface area contributed by atoms with Gasteiger partial charge in [-0.1, -0.05) is 35.0 Å². The van der Waals surface area contributed by atoms with Gasteiger partial charge in [-0.15, -0.1) is 0 Å². The van der Waals surface area contributed by atoms with Gasteiger partial charge in [0, 0.05) is 28.9 Å². The maximum Gasteiger partial charge on any atom is 0.165 e. The van der Waals surface area contributed by atoms with Crippen molar-refractivity contribution in [1.82, 2.24) is 9.97 Å². The Bertz CT molecular complexity index is 613. The largest absolute Gasteiger partial charge is 0.337 e. The summed E-state index contributed by atoms with van der Waals surface area (Å²) in [5, 5.41) is 1.84. The number of ketones is 1. The topological polar surface area (TPSA) is 45.8 Å². The number of benzene rings is 1. The van der Waals surface area contributed by atoms with Gasteiger partial charge in [-0.05, 0) is 37.3 Å². The first kappa shape index (κ1) is 15.4. The fourth-order valence-corrected chi connectivity index (χ4v) is 2.76. The number of carbonyl (C=O) groups excluding carboxylic acids is 1. The SMILES string of the molecule is CSc1ncc(CCCC(=O)c2ccc(Cl)cc2Cl)[nH]1. The van der Waals surface area contributed by atoms with Gasteiger partial charge in [-0.25, -0.2) is 4.98 Å². The smallest absolute Gasteiger partial charge is 0.165 e. The molecule has 0 saturated heterocycles. The van der Waals surface area contributed by atoms with Crippen LogP contribution >= 0.6 is 35.0 Å². The number of hydrogen-bond acceptors (Lipinski definition) is 3. The number of rotatable bonds is 6. The Morgan fingerprint density at radius 1 is 1.40 bits per heavy atom. The third kappa shape index (κ3) is 4.01. The van der Waals surface area contributed by atoms with Gasteiger partial charge in [0.25, 0.3) is 0 Å². The normalized spacial score (nSPS) is 10.8. The molecule has 0 unspecified atom stereocenters. The van der Waals surface area contributed by atoms with Gasteiger partial charge in [0.2, 0.25) is 0 Å². The lowest BCUT2D eigenvalue weighted by molar-refractivity contribution is 0.0980. The van der Waals surface area contributed by atoms with Crippen molar-refractivity contribution in [3.05, 3.63) is 45.7 Å². The van der Waals surface area contributed by atoms with Crippen LogP contribution in [0.2, 0.25) is 10.0 Å². The molecule has 0 bridgehead atoms. The molecule has 0 aliphatic heterocycles. The molecule has 0 aliphatic rings. The van der Waals surface area contributed by atoms with Crippen LogP contribution in [0.15, 0.2) is 29.6 Å². The maximum atomic E-state index is 12.1. The predicted molar refractivity (Wildman–Crippen MR) is 84.1 cm³/mol. The molecule has 0 spiro atoms. The van der Waals surface area contributed by atoms with E-state index in [-0.39, 0.29) is 5.78 Å². The number of Topliss-reactive ketones (excluding diaryl/α,β-unsaturated/α-hetero) is 1. The summed E-state index contributed by atoms with van der Waals surface area (Å²) in [7, 11) is 0. The number of halogens is 2. The Balaban J connectivity index is 1.88. The fourth-order valence-electron chi connectivity index (χ4n) is 1.86. The second-order valence-electron chi connectivity index (χ2n) is 4.32. The van der Waals surface area contributed by atoms with Crippen molar-refractivity contribution < 1.29 is 4.79 Å². The second-order valence-corrected chi connectivity index (χ2v) is 5.96. The lowest BCUT2D eigenvalue weighted by atomic mass is 10.0. The van der Waals surface area contributed by atoms with Gasteiger partial charge in [-0.3, -0.25) is 4.79 Å². The van der Waals surface area contributed by atoms with E-state index >= 15 is 0 Å². The summed E-state index contributed by atoms with van der Waals surface area (Å²) >= 11 is 13.4. The van der Waals surface area contributed by atoms with Crippen molar-refractivity contribution in [3.8, 4) is 0 Å². The van der Waals surface area contributed by atoms with E-state index in [1.807, 2.05) is 12.5 Å². The zero-order valence-electron chi connectivity index (χ0n) is 11.0. The highest BCUT2D eigenvalue weighted by atomic mass is 35.5. The minimum absolute atomic E-state index is 0.0382. The molecule has 6 heteroatoms. The Morgan fingerprint density at radius 2 is 2.20 bits per heavy atom. The fraction of sp³-hybridized carbons (Fsp3) is 0.286. The zero-order valence-corrected chi connectivity index (χ0v) is 13.3. The molecule has 1 aromatic heterocycles. The van der Waals surface area contributed by atoms with Gasteiger partial charge >= 0.3 is 0 Å². The molecule has 20 heavy (non-hydrogen) atoms. The number of aryl methyl sites for hydroxylation is 1. The summed E-state index contributed by atoms with van der Waals surface area (Å²) in [5.41, 5.74) is 1.58. The summed E-state index contributed by atoms with van der Waals surface area (Å²) in [5.74, 6) is 0.0382. The third-order valence-corrected chi connectivity index (χ3v) is 4.02. The molecule has 1 N–H and O–H groups in total. The van der Waals surface area contributed by atoms with Crippen molar-refractivity contribution in [2.75, 3.05) is 6.26 Å². The monoisotopic (exact) mass is 328 g/mol. The summed E-state index contributed by atoms with van der Waals surface area (Å²) in [6, 6.07) is 4.95. The Labute approximate surface area is 132 Å². The lowest BCUT2D eigenvalue weighted by Gasteiger charge is -2.03. The van der Waals surface area contributed by atoms with Crippen LogP contribution in [0.1, 0.15) is 28.9 Å². The van der Waals surface area contributed by atoms with Gasteiger partial charge < -0.3 is 4.98 Å². The molecule has 0 saturated carbocycles. The molecular formula is C14H14Cl2N2OS. The molecule has 0 aliphatic carbocycles. The standard InChI is InChI=1S/C14H14Cl2N2OS/c1-20-14-17-8-10(18-14)3-2-4-13(19)11-6-5-9(15)7-12(11)16/h5-8H,2-4H2,1H3,(H,17,18). The molecule has 2 rings (SSSR count). The van der Waals surface area contributed by atoms with Crippen LogP contribution < -0.4 is 0 Å². The average molecular weight is 329 g/mol. The molecule has 1 heterocycles. The first-order chi connectivity index (χ1) is 9.60. The number of H-pyrrole nitrogens is 1. The van der Waals surface area contributed by atoms with Crippen LogP contribution in [0.4, 0.5) is 0 Å². The summed E-state index contributed by atoms with van der Waals surface area (Å²) in [4.78, 5) is 19.5. The molecule has 106 valence electrons. The second kappa shape index (κ2) is 7.16. The first-order valence-corrected chi connectivity index (χ1v) is 8.14. The molecule has 2 aromatic rings. The Hall–Kier alpha value is -0.970. The minimum atomic E-state index is 0.0382. The Morgan fingerprint density at radius 3 is 2.85 bits per heavy atom.